The van der Waals surface area contributed by atoms with Crippen molar-refractivity contribution in [1.29, 1.82) is 0 Å². The van der Waals surface area contributed by atoms with Crippen LogP contribution in [-0.4, -0.2) is 37.9 Å². The quantitative estimate of drug-likeness (QED) is 0.580. The third kappa shape index (κ3) is 4.34. The van der Waals surface area contributed by atoms with Gasteiger partial charge in [0, 0.05) is 24.2 Å². The van der Waals surface area contributed by atoms with Gasteiger partial charge in [-0.1, -0.05) is 17.7 Å². The fraction of sp³-hybridized carbons (Fsp3) is 0.286. The third-order valence-electron chi connectivity index (χ3n) is 4.56. The first-order valence-electron chi connectivity index (χ1n) is 8.69. The van der Waals surface area contributed by atoms with Gasteiger partial charge in [0.15, 0.2) is 12.4 Å². The molecule has 1 fully saturated rings. The highest BCUT2D eigenvalue weighted by Gasteiger charge is 2.36. The van der Waals surface area contributed by atoms with Crippen LogP contribution in [0.2, 0.25) is 0 Å². The van der Waals surface area contributed by atoms with Crippen LogP contribution in [0.3, 0.4) is 0 Å². The molecule has 0 N–H and O–H groups in total. The van der Waals surface area contributed by atoms with Gasteiger partial charge >= 0.3 is 5.97 Å². The van der Waals surface area contributed by atoms with E-state index >= 15 is 0 Å². The van der Waals surface area contributed by atoms with Gasteiger partial charge in [-0.2, -0.15) is 0 Å². The summed E-state index contributed by atoms with van der Waals surface area (Å²) < 4.78 is 10.2. The number of rotatable bonds is 6. The molecule has 0 radical (unpaired) electrons. The van der Waals surface area contributed by atoms with E-state index in [9.17, 15) is 14.4 Å². The SMILES string of the molecule is COc1ccc(C(=O)COC(=O)C2CC(=O)N(c3ccc(C)cc3)C2)cc1. The first-order valence-corrected chi connectivity index (χ1v) is 8.69. The average molecular weight is 367 g/mol. The molecule has 1 saturated heterocycles. The number of benzene rings is 2. The molecule has 0 aliphatic carbocycles. The Hall–Kier alpha value is -3.15. The predicted molar refractivity (Wildman–Crippen MR) is 99.9 cm³/mol. The number of methoxy groups -OCH3 is 1. The van der Waals surface area contributed by atoms with Crippen LogP contribution in [0.1, 0.15) is 22.3 Å². The Morgan fingerprint density at radius 2 is 1.74 bits per heavy atom. The lowest BCUT2D eigenvalue weighted by atomic mass is 10.1. The van der Waals surface area contributed by atoms with E-state index in [1.807, 2.05) is 31.2 Å². The van der Waals surface area contributed by atoms with E-state index in [0.717, 1.165) is 11.3 Å². The molecular formula is C21H21NO5. The van der Waals surface area contributed by atoms with Crippen molar-refractivity contribution >= 4 is 23.3 Å². The van der Waals surface area contributed by atoms with E-state index in [4.69, 9.17) is 9.47 Å². The highest BCUT2D eigenvalue weighted by molar-refractivity contribution is 6.01. The molecule has 0 aromatic heterocycles. The number of carbonyl (C=O) groups excluding carboxylic acids is 3. The molecule has 1 atom stereocenters. The first kappa shape index (κ1) is 18.6. The van der Waals surface area contributed by atoms with Crippen molar-refractivity contribution in [3.05, 3.63) is 59.7 Å². The summed E-state index contributed by atoms with van der Waals surface area (Å²) in [4.78, 5) is 38.2. The number of carbonyl (C=O) groups is 3. The topological polar surface area (TPSA) is 72.9 Å². The fourth-order valence-corrected chi connectivity index (χ4v) is 2.95. The van der Waals surface area contributed by atoms with Crippen LogP contribution in [0, 0.1) is 12.8 Å². The van der Waals surface area contributed by atoms with Gasteiger partial charge in [-0.3, -0.25) is 14.4 Å². The molecule has 1 heterocycles. The zero-order valence-corrected chi connectivity index (χ0v) is 15.3. The molecule has 27 heavy (non-hydrogen) atoms. The molecule has 2 aromatic rings. The van der Waals surface area contributed by atoms with Crippen molar-refractivity contribution in [3.63, 3.8) is 0 Å². The van der Waals surface area contributed by atoms with Crippen molar-refractivity contribution in [2.75, 3.05) is 25.2 Å². The van der Waals surface area contributed by atoms with Crippen LogP contribution in [0.15, 0.2) is 48.5 Å². The molecule has 1 aliphatic heterocycles. The van der Waals surface area contributed by atoms with Crippen LogP contribution in [0.25, 0.3) is 0 Å². The summed E-state index contributed by atoms with van der Waals surface area (Å²) in [5, 5.41) is 0. The van der Waals surface area contributed by atoms with Crippen molar-refractivity contribution in [1.82, 2.24) is 0 Å². The van der Waals surface area contributed by atoms with Gasteiger partial charge in [-0.05, 0) is 43.3 Å². The fourth-order valence-electron chi connectivity index (χ4n) is 2.95. The number of hydrogen-bond acceptors (Lipinski definition) is 5. The minimum absolute atomic E-state index is 0.0867. The van der Waals surface area contributed by atoms with Crippen molar-refractivity contribution in [2.24, 2.45) is 5.92 Å². The largest absolute Gasteiger partial charge is 0.497 e. The molecule has 1 amide bonds. The first-order chi connectivity index (χ1) is 13.0. The van der Waals surface area contributed by atoms with Crippen LogP contribution >= 0.6 is 0 Å². The molecule has 1 aliphatic rings. The molecule has 3 rings (SSSR count). The van der Waals surface area contributed by atoms with Crippen LogP contribution in [-0.2, 0) is 14.3 Å². The molecule has 0 saturated carbocycles. The van der Waals surface area contributed by atoms with Gasteiger partial charge in [0.2, 0.25) is 5.91 Å². The standard InChI is InChI=1S/C21H21NO5/c1-14-3-7-17(8-4-14)22-12-16(11-20(22)24)21(25)27-13-19(23)15-5-9-18(26-2)10-6-15/h3-10,16H,11-13H2,1-2H3. The Labute approximate surface area is 157 Å². The van der Waals surface area contributed by atoms with E-state index in [0.29, 0.717) is 11.3 Å². The Morgan fingerprint density at radius 1 is 1.07 bits per heavy atom. The Bertz CT molecular complexity index is 842. The molecule has 0 spiro atoms. The van der Waals surface area contributed by atoms with Crippen LogP contribution in [0.5, 0.6) is 5.75 Å². The molecule has 6 heteroatoms. The molecular weight excluding hydrogens is 346 g/mol. The minimum atomic E-state index is -0.567. The Morgan fingerprint density at radius 3 is 2.37 bits per heavy atom. The number of hydrogen-bond donors (Lipinski definition) is 0. The number of amides is 1. The van der Waals surface area contributed by atoms with Crippen LogP contribution < -0.4 is 9.64 Å². The zero-order chi connectivity index (χ0) is 19.4. The molecule has 6 nitrogen and oxygen atoms in total. The van der Waals surface area contributed by atoms with E-state index in [2.05, 4.69) is 0 Å². The van der Waals surface area contributed by atoms with Gasteiger partial charge in [-0.15, -0.1) is 0 Å². The highest BCUT2D eigenvalue weighted by Crippen LogP contribution is 2.26. The zero-order valence-electron chi connectivity index (χ0n) is 15.3. The lowest BCUT2D eigenvalue weighted by Crippen LogP contribution is -2.27. The van der Waals surface area contributed by atoms with Crippen molar-refractivity contribution < 1.29 is 23.9 Å². The number of Topliss-reactive ketones (excluding diaryl/α,β-unsaturated/α-hetero) is 1. The van der Waals surface area contributed by atoms with Gasteiger partial charge in [0.05, 0.1) is 13.0 Å². The maximum Gasteiger partial charge on any atom is 0.311 e. The summed E-state index contributed by atoms with van der Waals surface area (Å²) in [6.07, 6.45) is 0.0867. The van der Waals surface area contributed by atoms with E-state index in [1.54, 1.807) is 36.3 Å². The van der Waals surface area contributed by atoms with Crippen molar-refractivity contribution in [3.8, 4) is 5.75 Å². The van der Waals surface area contributed by atoms with Crippen molar-refractivity contribution in [2.45, 2.75) is 13.3 Å². The highest BCUT2D eigenvalue weighted by atomic mass is 16.5. The van der Waals surface area contributed by atoms with E-state index in [1.165, 1.54) is 0 Å². The number of anilines is 1. The lowest BCUT2D eigenvalue weighted by molar-refractivity contribution is -0.147. The molecule has 1 unspecified atom stereocenters. The van der Waals surface area contributed by atoms with E-state index < -0.39 is 11.9 Å². The van der Waals surface area contributed by atoms with Crippen LogP contribution in [0.4, 0.5) is 5.69 Å². The summed E-state index contributed by atoms with van der Waals surface area (Å²) in [6.45, 7) is 1.88. The summed E-state index contributed by atoms with van der Waals surface area (Å²) >= 11 is 0. The minimum Gasteiger partial charge on any atom is -0.497 e. The van der Waals surface area contributed by atoms with Gasteiger partial charge in [0.25, 0.3) is 0 Å². The number of ketones is 1. The Kier molecular flexibility index (Phi) is 5.54. The summed E-state index contributed by atoms with van der Waals surface area (Å²) in [6, 6.07) is 14.1. The summed E-state index contributed by atoms with van der Waals surface area (Å²) in [7, 11) is 1.54. The lowest BCUT2D eigenvalue weighted by Gasteiger charge is -2.16. The summed E-state index contributed by atoms with van der Waals surface area (Å²) in [5.74, 6) is -0.875. The predicted octanol–water partition coefficient (Wildman–Crippen LogP) is 2.78. The maximum absolute atomic E-state index is 12.3. The molecule has 0 bridgehead atoms. The second-order valence-electron chi connectivity index (χ2n) is 6.50. The molecule has 140 valence electrons. The van der Waals surface area contributed by atoms with Gasteiger partial charge < -0.3 is 14.4 Å². The smallest absolute Gasteiger partial charge is 0.311 e. The number of esters is 1. The molecule has 2 aromatic carbocycles. The Balaban J connectivity index is 1.55. The number of ether oxygens (including phenoxy) is 2. The normalized spacial score (nSPS) is 16.3. The van der Waals surface area contributed by atoms with Gasteiger partial charge in [0.1, 0.15) is 5.75 Å². The number of nitrogens with zero attached hydrogens (tertiary/aromatic N) is 1. The van der Waals surface area contributed by atoms with E-state index in [-0.39, 0.29) is 31.3 Å². The summed E-state index contributed by atoms with van der Waals surface area (Å²) in [5.41, 5.74) is 2.29. The average Bonchev–Trinajstić information content (AvgIpc) is 3.08. The van der Waals surface area contributed by atoms with Gasteiger partial charge in [-0.25, -0.2) is 0 Å². The third-order valence-corrected chi connectivity index (χ3v) is 4.56. The maximum atomic E-state index is 12.3. The second kappa shape index (κ2) is 8.03. The second-order valence-corrected chi connectivity index (χ2v) is 6.50. The monoisotopic (exact) mass is 367 g/mol. The number of aryl methyl sites for hydroxylation is 1.